The van der Waals surface area contributed by atoms with Gasteiger partial charge in [-0.3, -0.25) is 4.79 Å². The molecule has 98 valence electrons. The summed E-state index contributed by atoms with van der Waals surface area (Å²) in [6.07, 6.45) is 1.80. The number of aryl methyl sites for hydroxylation is 1. The van der Waals surface area contributed by atoms with Crippen LogP contribution in [-0.2, 0) is 9.53 Å². The van der Waals surface area contributed by atoms with Crippen molar-refractivity contribution in [2.45, 2.75) is 19.9 Å². The van der Waals surface area contributed by atoms with Crippen LogP contribution in [0.4, 0.5) is 5.82 Å². The highest BCUT2D eigenvalue weighted by atomic mass is 16.5. The van der Waals surface area contributed by atoms with Gasteiger partial charge in [0.15, 0.2) is 0 Å². The van der Waals surface area contributed by atoms with Crippen LogP contribution < -0.4 is 4.90 Å². The van der Waals surface area contributed by atoms with Crippen molar-refractivity contribution in [1.29, 1.82) is 0 Å². The monoisotopic (exact) mass is 250 g/mol. The lowest BCUT2D eigenvalue weighted by Crippen LogP contribution is -2.43. The first-order chi connectivity index (χ1) is 8.63. The number of anilines is 1. The third-order valence-corrected chi connectivity index (χ3v) is 3.30. The molecule has 1 aliphatic rings. The molecule has 0 radical (unpaired) electrons. The van der Waals surface area contributed by atoms with Crippen LogP contribution in [0.3, 0.4) is 0 Å². The Hall–Kier alpha value is -1.62. The van der Waals surface area contributed by atoms with E-state index in [-0.39, 0.29) is 12.6 Å². The molecule has 0 amide bonds. The van der Waals surface area contributed by atoms with Gasteiger partial charge in [-0.1, -0.05) is 6.07 Å². The van der Waals surface area contributed by atoms with E-state index in [0.717, 1.165) is 11.4 Å². The highest BCUT2D eigenvalue weighted by Crippen LogP contribution is 2.24. The summed E-state index contributed by atoms with van der Waals surface area (Å²) in [7, 11) is 0. The average Bonchev–Trinajstić information content (AvgIpc) is 2.82. The first-order valence-corrected chi connectivity index (χ1v) is 6.13. The molecular weight excluding hydrogens is 232 g/mol. The van der Waals surface area contributed by atoms with E-state index in [0.29, 0.717) is 13.2 Å². The zero-order valence-electron chi connectivity index (χ0n) is 10.7. The molecule has 2 heterocycles. The van der Waals surface area contributed by atoms with Crippen LogP contribution in [0.25, 0.3) is 0 Å². The van der Waals surface area contributed by atoms with Gasteiger partial charge in [0.1, 0.15) is 11.7 Å². The molecule has 1 N–H and O–H groups in total. The first kappa shape index (κ1) is 12.8. The minimum atomic E-state index is -0.803. The summed E-state index contributed by atoms with van der Waals surface area (Å²) in [4.78, 5) is 17.6. The Morgan fingerprint density at radius 1 is 1.56 bits per heavy atom. The zero-order valence-corrected chi connectivity index (χ0v) is 10.7. The molecule has 5 heteroatoms. The minimum Gasteiger partial charge on any atom is -0.481 e. The standard InChI is InChI=1S/C13H18N2O3/c1-3-15(12-5-4-9(2)6-14-12)11-8-18-7-10(11)13(16)17/h4-6,10-11H,3,7-8H2,1-2H3,(H,16,17). The topological polar surface area (TPSA) is 62.7 Å². The number of aromatic nitrogens is 1. The third kappa shape index (κ3) is 2.46. The molecule has 1 aromatic rings. The van der Waals surface area contributed by atoms with E-state index in [1.165, 1.54) is 0 Å². The molecule has 1 aromatic heterocycles. The summed E-state index contributed by atoms with van der Waals surface area (Å²) in [5, 5.41) is 9.19. The van der Waals surface area contributed by atoms with Crippen LogP contribution in [0, 0.1) is 12.8 Å². The highest BCUT2D eigenvalue weighted by molar-refractivity contribution is 5.72. The van der Waals surface area contributed by atoms with Gasteiger partial charge in [-0.05, 0) is 25.5 Å². The van der Waals surface area contributed by atoms with E-state index < -0.39 is 11.9 Å². The number of carbonyl (C=O) groups is 1. The van der Waals surface area contributed by atoms with E-state index in [9.17, 15) is 9.90 Å². The van der Waals surface area contributed by atoms with Gasteiger partial charge in [0.2, 0.25) is 0 Å². The predicted molar refractivity (Wildman–Crippen MR) is 67.7 cm³/mol. The second-order valence-electron chi connectivity index (χ2n) is 4.53. The Morgan fingerprint density at radius 2 is 2.33 bits per heavy atom. The minimum absolute atomic E-state index is 0.136. The Bertz CT molecular complexity index is 419. The number of carboxylic acids is 1. The molecule has 0 bridgehead atoms. The fraction of sp³-hybridized carbons (Fsp3) is 0.538. The second kappa shape index (κ2) is 5.35. The summed E-state index contributed by atoms with van der Waals surface area (Å²) in [5.74, 6) is -0.471. The maximum absolute atomic E-state index is 11.2. The quantitative estimate of drug-likeness (QED) is 0.873. The number of nitrogens with zero attached hydrogens (tertiary/aromatic N) is 2. The lowest BCUT2D eigenvalue weighted by atomic mass is 10.0. The van der Waals surface area contributed by atoms with Crippen molar-refractivity contribution < 1.29 is 14.6 Å². The van der Waals surface area contributed by atoms with Gasteiger partial charge in [0.25, 0.3) is 0 Å². The van der Waals surface area contributed by atoms with Crippen molar-refractivity contribution in [3.8, 4) is 0 Å². The summed E-state index contributed by atoms with van der Waals surface area (Å²) in [6.45, 7) is 5.42. The molecular formula is C13H18N2O3. The van der Waals surface area contributed by atoms with Gasteiger partial charge in [-0.15, -0.1) is 0 Å². The summed E-state index contributed by atoms with van der Waals surface area (Å²) < 4.78 is 5.31. The average molecular weight is 250 g/mol. The lowest BCUT2D eigenvalue weighted by molar-refractivity contribution is -0.141. The highest BCUT2D eigenvalue weighted by Gasteiger charge is 2.38. The van der Waals surface area contributed by atoms with Gasteiger partial charge in [-0.25, -0.2) is 4.98 Å². The number of likely N-dealkylation sites (N-methyl/N-ethyl adjacent to an activating group) is 1. The molecule has 1 saturated heterocycles. The third-order valence-electron chi connectivity index (χ3n) is 3.30. The van der Waals surface area contributed by atoms with Crippen LogP contribution in [-0.4, -0.2) is 41.9 Å². The van der Waals surface area contributed by atoms with Gasteiger partial charge in [0, 0.05) is 12.7 Å². The Balaban J connectivity index is 2.22. The molecule has 18 heavy (non-hydrogen) atoms. The van der Waals surface area contributed by atoms with Crippen molar-refractivity contribution in [2.24, 2.45) is 5.92 Å². The predicted octanol–water partition coefficient (Wildman–Crippen LogP) is 1.32. The molecule has 2 atom stereocenters. The lowest BCUT2D eigenvalue weighted by Gasteiger charge is -2.30. The van der Waals surface area contributed by atoms with Gasteiger partial charge in [-0.2, -0.15) is 0 Å². The number of ether oxygens (including phenoxy) is 1. The van der Waals surface area contributed by atoms with Gasteiger partial charge < -0.3 is 14.7 Å². The Morgan fingerprint density at radius 3 is 2.89 bits per heavy atom. The normalized spacial score (nSPS) is 23.0. The first-order valence-electron chi connectivity index (χ1n) is 6.13. The largest absolute Gasteiger partial charge is 0.481 e. The molecule has 5 nitrogen and oxygen atoms in total. The molecule has 2 unspecified atom stereocenters. The molecule has 0 aliphatic carbocycles. The second-order valence-corrected chi connectivity index (χ2v) is 4.53. The molecule has 0 saturated carbocycles. The van der Waals surface area contributed by atoms with Crippen LogP contribution in [0.15, 0.2) is 18.3 Å². The SMILES string of the molecule is CCN(c1ccc(C)cn1)C1COCC1C(=O)O. The van der Waals surface area contributed by atoms with E-state index in [1.807, 2.05) is 30.9 Å². The van der Waals surface area contributed by atoms with Gasteiger partial charge in [0.05, 0.1) is 19.3 Å². The molecule has 0 spiro atoms. The Kier molecular flexibility index (Phi) is 3.81. The van der Waals surface area contributed by atoms with E-state index in [2.05, 4.69) is 4.98 Å². The molecule has 2 rings (SSSR count). The van der Waals surface area contributed by atoms with Crippen molar-refractivity contribution in [3.05, 3.63) is 23.9 Å². The number of aliphatic carboxylic acids is 1. The number of rotatable bonds is 4. The smallest absolute Gasteiger partial charge is 0.311 e. The number of hydrogen-bond donors (Lipinski definition) is 1. The van der Waals surface area contributed by atoms with E-state index in [4.69, 9.17) is 4.74 Å². The van der Waals surface area contributed by atoms with Crippen LogP contribution in [0.5, 0.6) is 0 Å². The van der Waals surface area contributed by atoms with Crippen LogP contribution in [0.2, 0.25) is 0 Å². The maximum Gasteiger partial charge on any atom is 0.311 e. The van der Waals surface area contributed by atoms with Crippen molar-refractivity contribution in [2.75, 3.05) is 24.7 Å². The van der Waals surface area contributed by atoms with Crippen molar-refractivity contribution in [1.82, 2.24) is 4.98 Å². The van der Waals surface area contributed by atoms with Crippen molar-refractivity contribution >= 4 is 11.8 Å². The van der Waals surface area contributed by atoms with Crippen molar-refractivity contribution in [3.63, 3.8) is 0 Å². The van der Waals surface area contributed by atoms with E-state index in [1.54, 1.807) is 6.20 Å². The fourth-order valence-electron chi connectivity index (χ4n) is 2.28. The van der Waals surface area contributed by atoms with Crippen LogP contribution in [0.1, 0.15) is 12.5 Å². The number of pyridine rings is 1. The zero-order chi connectivity index (χ0) is 13.1. The van der Waals surface area contributed by atoms with Crippen LogP contribution >= 0.6 is 0 Å². The summed E-state index contributed by atoms with van der Waals surface area (Å²) >= 11 is 0. The fourth-order valence-corrected chi connectivity index (χ4v) is 2.28. The molecule has 1 aliphatic heterocycles. The maximum atomic E-state index is 11.2. The summed E-state index contributed by atoms with van der Waals surface area (Å²) in [5.41, 5.74) is 1.09. The number of carboxylic acid groups (broad SMARTS) is 1. The number of hydrogen-bond acceptors (Lipinski definition) is 4. The Labute approximate surface area is 106 Å². The van der Waals surface area contributed by atoms with Gasteiger partial charge >= 0.3 is 5.97 Å². The molecule has 1 fully saturated rings. The summed E-state index contributed by atoms with van der Waals surface area (Å²) in [6, 6.07) is 3.77. The van der Waals surface area contributed by atoms with E-state index >= 15 is 0 Å². The molecule has 0 aromatic carbocycles.